The minimum Gasteiger partial charge on any atom is -0.480 e. The maximum atomic E-state index is 11.6. The molecule has 0 saturated heterocycles. The number of amides is 2. The lowest BCUT2D eigenvalue weighted by Gasteiger charge is -2.17. The molecule has 1 atom stereocenters. The van der Waals surface area contributed by atoms with E-state index in [2.05, 4.69) is 24.5 Å². The van der Waals surface area contributed by atoms with E-state index in [0.717, 1.165) is 25.7 Å². The van der Waals surface area contributed by atoms with E-state index >= 15 is 0 Å². The van der Waals surface area contributed by atoms with Crippen molar-refractivity contribution >= 4 is 12.0 Å². The highest BCUT2D eigenvalue weighted by molar-refractivity contribution is 5.82. The van der Waals surface area contributed by atoms with E-state index in [4.69, 9.17) is 5.11 Å². The summed E-state index contributed by atoms with van der Waals surface area (Å²) in [7, 11) is 0. The zero-order valence-corrected chi connectivity index (χ0v) is 11.7. The van der Waals surface area contributed by atoms with Gasteiger partial charge in [-0.15, -0.1) is 0 Å². The van der Waals surface area contributed by atoms with Gasteiger partial charge in [0.05, 0.1) is 0 Å². The number of carboxylic acid groups (broad SMARTS) is 1. The van der Waals surface area contributed by atoms with E-state index in [-0.39, 0.29) is 6.03 Å². The molecule has 0 spiro atoms. The van der Waals surface area contributed by atoms with E-state index in [1.165, 1.54) is 0 Å². The summed E-state index contributed by atoms with van der Waals surface area (Å²) in [5.41, 5.74) is 0. The normalized spacial score (nSPS) is 12.2. The summed E-state index contributed by atoms with van der Waals surface area (Å²) in [6.45, 7) is 6.75. The summed E-state index contributed by atoms with van der Waals surface area (Å²) < 4.78 is 0. The van der Waals surface area contributed by atoms with Gasteiger partial charge in [-0.2, -0.15) is 0 Å². The lowest BCUT2D eigenvalue weighted by atomic mass is 10.0. The molecule has 0 radical (unpaired) electrons. The van der Waals surface area contributed by atoms with Crippen LogP contribution in [0.3, 0.4) is 0 Å². The van der Waals surface area contributed by atoms with Crippen molar-refractivity contribution in [1.29, 1.82) is 0 Å². The second-order valence-corrected chi connectivity index (χ2v) is 4.57. The zero-order valence-electron chi connectivity index (χ0n) is 11.7. The van der Waals surface area contributed by atoms with Crippen molar-refractivity contribution in [3.05, 3.63) is 0 Å². The molecule has 2 amide bonds. The standard InChI is InChI=1S/C13H26N2O3/c1-4-7-8-11(12(16)17)15-13(18)14-9-10(5-2)6-3/h10-11H,4-9H2,1-3H3,(H,16,17)(H2,14,15,18)/t11-/m0/s1. The fraction of sp³-hybridized carbons (Fsp3) is 0.846. The Kier molecular flexibility index (Phi) is 9.06. The van der Waals surface area contributed by atoms with Crippen LogP contribution in [0.25, 0.3) is 0 Å². The summed E-state index contributed by atoms with van der Waals surface area (Å²) in [5.74, 6) is -0.518. The van der Waals surface area contributed by atoms with Crippen molar-refractivity contribution in [2.75, 3.05) is 6.54 Å². The molecule has 18 heavy (non-hydrogen) atoms. The Hall–Kier alpha value is -1.26. The minimum atomic E-state index is -0.971. The van der Waals surface area contributed by atoms with E-state index in [9.17, 15) is 9.59 Å². The van der Waals surface area contributed by atoms with Crippen molar-refractivity contribution in [3.63, 3.8) is 0 Å². The fourth-order valence-corrected chi connectivity index (χ4v) is 1.69. The van der Waals surface area contributed by atoms with Crippen molar-refractivity contribution in [2.24, 2.45) is 5.92 Å². The van der Waals surface area contributed by atoms with Crippen LogP contribution < -0.4 is 10.6 Å². The molecule has 5 heteroatoms. The van der Waals surface area contributed by atoms with Crippen molar-refractivity contribution in [1.82, 2.24) is 10.6 Å². The molecule has 0 fully saturated rings. The molecule has 106 valence electrons. The van der Waals surface area contributed by atoms with E-state index in [1.54, 1.807) is 0 Å². The van der Waals surface area contributed by atoms with Gasteiger partial charge >= 0.3 is 12.0 Å². The monoisotopic (exact) mass is 258 g/mol. The van der Waals surface area contributed by atoms with Gasteiger partial charge in [-0.3, -0.25) is 0 Å². The molecule has 3 N–H and O–H groups in total. The Labute approximate surface area is 109 Å². The van der Waals surface area contributed by atoms with Gasteiger partial charge in [-0.1, -0.05) is 46.5 Å². The number of aliphatic carboxylic acids is 1. The Morgan fingerprint density at radius 1 is 1.17 bits per heavy atom. The second-order valence-electron chi connectivity index (χ2n) is 4.57. The number of unbranched alkanes of at least 4 members (excludes halogenated alkanes) is 1. The number of carbonyl (C=O) groups excluding carboxylic acids is 1. The topological polar surface area (TPSA) is 78.4 Å². The Morgan fingerprint density at radius 3 is 2.22 bits per heavy atom. The highest BCUT2D eigenvalue weighted by Gasteiger charge is 2.19. The molecular formula is C13H26N2O3. The SMILES string of the molecule is CCCC[C@H](NC(=O)NCC(CC)CC)C(=O)O. The van der Waals surface area contributed by atoms with Crippen LogP contribution >= 0.6 is 0 Å². The first kappa shape index (κ1) is 16.7. The maximum absolute atomic E-state index is 11.6. The van der Waals surface area contributed by atoms with Gasteiger partial charge in [0, 0.05) is 6.54 Å². The number of hydrogen-bond acceptors (Lipinski definition) is 2. The van der Waals surface area contributed by atoms with Gasteiger partial charge in [0.1, 0.15) is 6.04 Å². The van der Waals surface area contributed by atoms with Crippen LogP contribution in [0.15, 0.2) is 0 Å². The first-order valence-electron chi connectivity index (χ1n) is 6.82. The molecular weight excluding hydrogens is 232 g/mol. The Balaban J connectivity index is 4.05. The maximum Gasteiger partial charge on any atom is 0.326 e. The predicted octanol–water partition coefficient (Wildman–Crippen LogP) is 2.37. The second kappa shape index (κ2) is 9.74. The Morgan fingerprint density at radius 2 is 1.78 bits per heavy atom. The number of hydrogen-bond donors (Lipinski definition) is 3. The van der Waals surface area contributed by atoms with Crippen LogP contribution in [0.2, 0.25) is 0 Å². The van der Waals surface area contributed by atoms with Crippen molar-refractivity contribution in [2.45, 2.75) is 58.9 Å². The van der Waals surface area contributed by atoms with Crippen LogP contribution in [0.4, 0.5) is 4.79 Å². The number of rotatable bonds is 9. The number of carboxylic acids is 1. The van der Waals surface area contributed by atoms with E-state index in [0.29, 0.717) is 18.9 Å². The van der Waals surface area contributed by atoms with Crippen LogP contribution in [0, 0.1) is 5.92 Å². The van der Waals surface area contributed by atoms with Gasteiger partial charge in [0.15, 0.2) is 0 Å². The van der Waals surface area contributed by atoms with Gasteiger partial charge in [0.25, 0.3) is 0 Å². The molecule has 0 aromatic rings. The van der Waals surface area contributed by atoms with Crippen LogP contribution in [0.5, 0.6) is 0 Å². The fourth-order valence-electron chi connectivity index (χ4n) is 1.69. The largest absolute Gasteiger partial charge is 0.480 e. The van der Waals surface area contributed by atoms with Gasteiger partial charge in [-0.25, -0.2) is 9.59 Å². The number of nitrogens with one attached hydrogen (secondary N) is 2. The minimum absolute atomic E-state index is 0.384. The van der Waals surface area contributed by atoms with Crippen molar-refractivity contribution in [3.8, 4) is 0 Å². The molecule has 0 bridgehead atoms. The van der Waals surface area contributed by atoms with Crippen LogP contribution in [0.1, 0.15) is 52.9 Å². The molecule has 0 heterocycles. The smallest absolute Gasteiger partial charge is 0.326 e. The molecule has 0 aromatic carbocycles. The summed E-state index contributed by atoms with van der Waals surface area (Å²) in [5, 5.41) is 14.2. The molecule has 0 saturated carbocycles. The number of carbonyl (C=O) groups is 2. The molecule has 5 nitrogen and oxygen atoms in total. The predicted molar refractivity (Wildman–Crippen MR) is 71.6 cm³/mol. The van der Waals surface area contributed by atoms with E-state index < -0.39 is 12.0 Å². The molecule has 0 aliphatic carbocycles. The summed E-state index contributed by atoms with van der Waals surface area (Å²) >= 11 is 0. The molecule has 0 aromatic heterocycles. The lowest BCUT2D eigenvalue weighted by molar-refractivity contribution is -0.139. The van der Waals surface area contributed by atoms with Gasteiger partial charge < -0.3 is 15.7 Å². The van der Waals surface area contributed by atoms with Gasteiger partial charge in [-0.05, 0) is 12.3 Å². The third-order valence-electron chi connectivity index (χ3n) is 3.16. The Bertz CT molecular complexity index is 253. The summed E-state index contributed by atoms with van der Waals surface area (Å²) in [6, 6.07) is -1.17. The van der Waals surface area contributed by atoms with Crippen LogP contribution in [-0.4, -0.2) is 29.7 Å². The zero-order chi connectivity index (χ0) is 14.0. The quantitative estimate of drug-likeness (QED) is 0.594. The van der Waals surface area contributed by atoms with Gasteiger partial charge in [0.2, 0.25) is 0 Å². The lowest BCUT2D eigenvalue weighted by Crippen LogP contribution is -2.47. The highest BCUT2D eigenvalue weighted by Crippen LogP contribution is 2.05. The first-order valence-corrected chi connectivity index (χ1v) is 6.82. The third-order valence-corrected chi connectivity index (χ3v) is 3.16. The molecule has 0 aliphatic heterocycles. The average Bonchev–Trinajstić information content (AvgIpc) is 2.35. The molecule has 0 aliphatic rings. The average molecular weight is 258 g/mol. The summed E-state index contributed by atoms with van der Waals surface area (Å²) in [4.78, 5) is 22.5. The van der Waals surface area contributed by atoms with Crippen LogP contribution in [-0.2, 0) is 4.79 Å². The third kappa shape index (κ3) is 7.14. The molecule has 0 rings (SSSR count). The number of urea groups is 1. The van der Waals surface area contributed by atoms with E-state index in [1.807, 2.05) is 6.92 Å². The highest BCUT2D eigenvalue weighted by atomic mass is 16.4. The molecule has 0 unspecified atom stereocenters. The van der Waals surface area contributed by atoms with Crippen molar-refractivity contribution < 1.29 is 14.7 Å². The summed E-state index contributed by atoms with van der Waals surface area (Å²) in [6.07, 6.45) is 4.21. The first-order chi connectivity index (χ1) is 8.54.